The van der Waals surface area contributed by atoms with E-state index in [0.29, 0.717) is 6.61 Å². The van der Waals surface area contributed by atoms with E-state index in [1.165, 1.54) is 0 Å². The highest BCUT2D eigenvalue weighted by atomic mass is 16.5. The van der Waals surface area contributed by atoms with Crippen LogP contribution < -0.4 is 10.1 Å². The minimum atomic E-state index is 0.512. The van der Waals surface area contributed by atoms with Crippen LogP contribution in [0.5, 0.6) is 5.75 Å². The Kier molecular flexibility index (Phi) is 5.07. The molecule has 0 saturated carbocycles. The Morgan fingerprint density at radius 1 is 1.20 bits per heavy atom. The van der Waals surface area contributed by atoms with Crippen LogP contribution in [-0.2, 0) is 13.2 Å². The van der Waals surface area contributed by atoms with E-state index in [2.05, 4.69) is 28.3 Å². The molecule has 20 heavy (non-hydrogen) atoms. The summed E-state index contributed by atoms with van der Waals surface area (Å²) in [6.07, 6.45) is 3.67. The molecule has 0 aliphatic carbocycles. The Bertz CT molecular complexity index is 569. The van der Waals surface area contributed by atoms with Gasteiger partial charge in [0.25, 0.3) is 0 Å². The molecule has 0 atom stereocenters. The summed E-state index contributed by atoms with van der Waals surface area (Å²) in [7, 11) is 0. The van der Waals surface area contributed by atoms with Crippen molar-refractivity contribution in [3.8, 4) is 5.75 Å². The van der Waals surface area contributed by atoms with Crippen LogP contribution >= 0.6 is 0 Å². The number of nitrogens with one attached hydrogen (secondary N) is 1. The molecule has 0 saturated heterocycles. The molecule has 0 bridgehead atoms. The van der Waals surface area contributed by atoms with Crippen LogP contribution in [0.25, 0.3) is 0 Å². The maximum Gasteiger partial charge on any atom is 0.142 e. The fourth-order valence-electron chi connectivity index (χ4n) is 1.96. The second kappa shape index (κ2) is 7.01. The minimum absolute atomic E-state index is 0.512. The van der Waals surface area contributed by atoms with E-state index in [-0.39, 0.29) is 0 Å². The van der Waals surface area contributed by atoms with Crippen LogP contribution in [0, 0.1) is 13.8 Å². The van der Waals surface area contributed by atoms with Gasteiger partial charge in [-0.3, -0.25) is 9.97 Å². The van der Waals surface area contributed by atoms with Crippen molar-refractivity contribution in [1.82, 2.24) is 15.3 Å². The average Bonchev–Trinajstić information content (AvgIpc) is 2.44. The van der Waals surface area contributed by atoms with Crippen LogP contribution in [0.15, 0.2) is 30.6 Å². The smallest absolute Gasteiger partial charge is 0.142 e. The summed E-state index contributed by atoms with van der Waals surface area (Å²) < 4.78 is 5.89. The van der Waals surface area contributed by atoms with Gasteiger partial charge >= 0.3 is 0 Å². The van der Waals surface area contributed by atoms with Gasteiger partial charge in [0.1, 0.15) is 12.4 Å². The Morgan fingerprint density at radius 3 is 2.80 bits per heavy atom. The lowest BCUT2D eigenvalue weighted by Gasteiger charge is -2.12. The first kappa shape index (κ1) is 14.5. The molecule has 2 rings (SSSR count). The van der Waals surface area contributed by atoms with E-state index in [9.17, 15) is 0 Å². The van der Waals surface area contributed by atoms with Crippen molar-refractivity contribution in [3.63, 3.8) is 0 Å². The monoisotopic (exact) mass is 271 g/mol. The Balaban J connectivity index is 2.08. The number of ether oxygens (including phenoxy) is 1. The second-order valence-electron chi connectivity index (χ2n) is 4.84. The van der Waals surface area contributed by atoms with Gasteiger partial charge in [-0.25, -0.2) is 0 Å². The maximum absolute atomic E-state index is 5.89. The van der Waals surface area contributed by atoms with E-state index < -0.39 is 0 Å². The Morgan fingerprint density at radius 2 is 2.05 bits per heavy atom. The van der Waals surface area contributed by atoms with Gasteiger partial charge in [-0.1, -0.05) is 6.92 Å². The molecule has 0 fully saturated rings. The second-order valence-corrected chi connectivity index (χ2v) is 4.84. The van der Waals surface area contributed by atoms with Crippen molar-refractivity contribution >= 4 is 0 Å². The van der Waals surface area contributed by atoms with Gasteiger partial charge in [-0.05, 0) is 44.2 Å². The van der Waals surface area contributed by atoms with Gasteiger partial charge in [0, 0.05) is 30.2 Å². The fraction of sp³-hybridized carbons (Fsp3) is 0.375. The average molecular weight is 271 g/mol. The van der Waals surface area contributed by atoms with E-state index >= 15 is 0 Å². The molecular weight excluding hydrogens is 250 g/mol. The molecule has 2 heterocycles. The number of pyridine rings is 2. The molecule has 2 aromatic rings. The minimum Gasteiger partial charge on any atom is -0.487 e. The van der Waals surface area contributed by atoms with Gasteiger partial charge in [0.15, 0.2) is 0 Å². The summed E-state index contributed by atoms with van der Waals surface area (Å²) >= 11 is 0. The quantitative estimate of drug-likeness (QED) is 0.877. The van der Waals surface area contributed by atoms with E-state index in [1.54, 1.807) is 0 Å². The third-order valence-corrected chi connectivity index (χ3v) is 2.94. The lowest BCUT2D eigenvalue weighted by molar-refractivity contribution is 0.299. The first-order valence-corrected chi connectivity index (χ1v) is 6.89. The zero-order valence-corrected chi connectivity index (χ0v) is 12.3. The maximum atomic E-state index is 5.89. The predicted molar refractivity (Wildman–Crippen MR) is 79.7 cm³/mol. The molecular formula is C16H21N3O. The summed E-state index contributed by atoms with van der Waals surface area (Å²) in [6.45, 7) is 8.24. The summed E-state index contributed by atoms with van der Waals surface area (Å²) in [5.74, 6) is 0.832. The van der Waals surface area contributed by atoms with Crippen LogP contribution in [0.2, 0.25) is 0 Å². The van der Waals surface area contributed by atoms with Crippen molar-refractivity contribution in [2.24, 2.45) is 0 Å². The van der Waals surface area contributed by atoms with E-state index in [4.69, 9.17) is 4.74 Å². The molecule has 0 unspecified atom stereocenters. The molecule has 1 N–H and O–H groups in total. The van der Waals surface area contributed by atoms with Crippen LogP contribution in [0.3, 0.4) is 0 Å². The lowest BCUT2D eigenvalue weighted by Crippen LogP contribution is -2.14. The van der Waals surface area contributed by atoms with Crippen molar-refractivity contribution < 1.29 is 4.74 Å². The van der Waals surface area contributed by atoms with E-state index in [1.807, 2.05) is 38.4 Å². The van der Waals surface area contributed by atoms with Crippen LogP contribution in [0.4, 0.5) is 0 Å². The van der Waals surface area contributed by atoms with Gasteiger partial charge in [0.2, 0.25) is 0 Å². The van der Waals surface area contributed by atoms with Crippen LogP contribution in [0.1, 0.15) is 29.4 Å². The largest absolute Gasteiger partial charge is 0.487 e. The van der Waals surface area contributed by atoms with E-state index in [0.717, 1.165) is 41.4 Å². The number of rotatable bonds is 6. The molecule has 106 valence electrons. The highest BCUT2D eigenvalue weighted by molar-refractivity contribution is 5.29. The molecule has 4 heteroatoms. The fourth-order valence-corrected chi connectivity index (χ4v) is 1.96. The summed E-state index contributed by atoms with van der Waals surface area (Å²) in [6, 6.07) is 6.04. The number of aromatic nitrogens is 2. The molecule has 0 radical (unpaired) electrons. The van der Waals surface area contributed by atoms with Gasteiger partial charge in [-0.15, -0.1) is 0 Å². The topological polar surface area (TPSA) is 47.0 Å². The zero-order chi connectivity index (χ0) is 14.4. The Hall–Kier alpha value is -1.94. The van der Waals surface area contributed by atoms with Gasteiger partial charge < -0.3 is 10.1 Å². The summed E-state index contributed by atoms with van der Waals surface area (Å²) in [5, 5.41) is 3.28. The van der Waals surface area contributed by atoms with Crippen molar-refractivity contribution in [2.75, 3.05) is 6.54 Å². The van der Waals surface area contributed by atoms with Crippen molar-refractivity contribution in [1.29, 1.82) is 0 Å². The number of hydrogen-bond donors (Lipinski definition) is 1. The molecule has 0 aromatic carbocycles. The lowest BCUT2D eigenvalue weighted by atomic mass is 10.2. The molecule has 0 aliphatic rings. The first-order chi connectivity index (χ1) is 9.69. The highest BCUT2D eigenvalue weighted by Crippen LogP contribution is 2.18. The predicted octanol–water partition coefficient (Wildman–Crippen LogP) is 2.78. The number of aryl methyl sites for hydroxylation is 2. The third-order valence-electron chi connectivity index (χ3n) is 2.94. The van der Waals surface area contributed by atoms with Gasteiger partial charge in [-0.2, -0.15) is 0 Å². The summed E-state index contributed by atoms with van der Waals surface area (Å²) in [4.78, 5) is 8.71. The molecule has 4 nitrogen and oxygen atoms in total. The molecule has 0 aliphatic heterocycles. The van der Waals surface area contributed by atoms with Gasteiger partial charge in [0.05, 0.1) is 5.69 Å². The Labute approximate surface area is 120 Å². The number of hydrogen-bond acceptors (Lipinski definition) is 4. The first-order valence-electron chi connectivity index (χ1n) is 6.89. The standard InChI is InChI=1S/C16H21N3O/c1-4-17-10-15-16(6-5-13(3)19-15)20-11-14-7-12(2)8-18-9-14/h5-9,17H,4,10-11H2,1-3H3. The summed E-state index contributed by atoms with van der Waals surface area (Å²) in [5.41, 5.74) is 4.16. The SMILES string of the molecule is CCNCc1nc(C)ccc1OCc1cncc(C)c1. The third kappa shape index (κ3) is 4.03. The number of nitrogens with zero attached hydrogens (tertiary/aromatic N) is 2. The van der Waals surface area contributed by atoms with Crippen LogP contribution in [-0.4, -0.2) is 16.5 Å². The highest BCUT2D eigenvalue weighted by Gasteiger charge is 2.06. The molecule has 2 aromatic heterocycles. The normalized spacial score (nSPS) is 10.6. The van der Waals surface area contributed by atoms with Crippen molar-refractivity contribution in [3.05, 3.63) is 53.1 Å². The van der Waals surface area contributed by atoms with Crippen molar-refractivity contribution in [2.45, 2.75) is 33.9 Å². The molecule has 0 amide bonds. The molecule has 0 spiro atoms. The zero-order valence-electron chi connectivity index (χ0n) is 12.3.